The van der Waals surface area contributed by atoms with Crippen LogP contribution in [0.4, 0.5) is 0 Å². The summed E-state index contributed by atoms with van der Waals surface area (Å²) in [6.07, 6.45) is -0.866. The molecule has 5 nitrogen and oxygen atoms in total. The van der Waals surface area contributed by atoms with Crippen molar-refractivity contribution in [2.24, 2.45) is 0 Å². The van der Waals surface area contributed by atoms with Crippen molar-refractivity contribution in [1.82, 2.24) is 9.97 Å². The van der Waals surface area contributed by atoms with Crippen LogP contribution in [0.15, 0.2) is 18.2 Å². The van der Waals surface area contributed by atoms with E-state index in [4.69, 9.17) is 9.84 Å². The Morgan fingerprint density at radius 2 is 2.11 bits per heavy atom. The minimum Gasteiger partial charge on any atom is -0.479 e. The number of benzene rings is 1. The van der Waals surface area contributed by atoms with Crippen LogP contribution in [0.25, 0.3) is 11.0 Å². The molecule has 0 aliphatic heterocycles. The Kier molecular flexibility index (Phi) is 3.23. The predicted molar refractivity (Wildman–Crippen MR) is 67.9 cm³/mol. The average molecular weight is 248 g/mol. The Labute approximate surface area is 105 Å². The molecular weight excluding hydrogens is 232 g/mol. The number of rotatable bonds is 4. The van der Waals surface area contributed by atoms with E-state index in [1.807, 2.05) is 6.07 Å². The number of hydrogen-bond acceptors (Lipinski definition) is 3. The van der Waals surface area contributed by atoms with E-state index in [2.05, 4.69) is 23.8 Å². The molecule has 0 saturated carbocycles. The van der Waals surface area contributed by atoms with Gasteiger partial charge < -0.3 is 14.8 Å². The van der Waals surface area contributed by atoms with Gasteiger partial charge >= 0.3 is 5.97 Å². The molecular formula is C13H16N2O3. The summed E-state index contributed by atoms with van der Waals surface area (Å²) in [5, 5.41) is 8.79. The summed E-state index contributed by atoms with van der Waals surface area (Å²) >= 11 is 0. The second-order valence-electron chi connectivity index (χ2n) is 4.55. The van der Waals surface area contributed by atoms with Crippen molar-refractivity contribution < 1.29 is 14.6 Å². The van der Waals surface area contributed by atoms with E-state index in [1.165, 1.54) is 6.92 Å². The van der Waals surface area contributed by atoms with Gasteiger partial charge in [0.2, 0.25) is 0 Å². The molecule has 2 aromatic rings. The summed E-state index contributed by atoms with van der Waals surface area (Å²) < 4.78 is 5.31. The zero-order valence-electron chi connectivity index (χ0n) is 10.6. The molecule has 0 amide bonds. The fourth-order valence-electron chi connectivity index (χ4n) is 1.61. The summed E-state index contributed by atoms with van der Waals surface area (Å²) in [7, 11) is 0. The fraction of sp³-hybridized carbons (Fsp3) is 0.385. The van der Waals surface area contributed by atoms with Gasteiger partial charge in [0.1, 0.15) is 11.6 Å². The van der Waals surface area contributed by atoms with Gasteiger partial charge in [-0.25, -0.2) is 9.78 Å². The maximum absolute atomic E-state index is 10.7. The summed E-state index contributed by atoms with van der Waals surface area (Å²) in [6.45, 7) is 5.61. The maximum atomic E-state index is 10.7. The van der Waals surface area contributed by atoms with E-state index < -0.39 is 12.1 Å². The van der Waals surface area contributed by atoms with Crippen LogP contribution < -0.4 is 4.74 Å². The molecule has 0 aliphatic carbocycles. The number of hydrogen-bond donors (Lipinski definition) is 2. The van der Waals surface area contributed by atoms with Crippen molar-refractivity contribution in [2.75, 3.05) is 0 Å². The molecule has 1 aromatic carbocycles. The lowest BCUT2D eigenvalue weighted by atomic mass is 10.2. The number of H-pyrrole nitrogens is 1. The molecule has 0 bridgehead atoms. The van der Waals surface area contributed by atoms with Crippen LogP contribution >= 0.6 is 0 Å². The Morgan fingerprint density at radius 3 is 2.72 bits per heavy atom. The number of nitrogens with one attached hydrogen (secondary N) is 1. The molecule has 0 fully saturated rings. The number of fused-ring (bicyclic) bond motifs is 1. The van der Waals surface area contributed by atoms with Crippen LogP contribution in [0.2, 0.25) is 0 Å². The van der Waals surface area contributed by atoms with E-state index in [0.717, 1.165) is 16.9 Å². The smallest absolute Gasteiger partial charge is 0.344 e. The van der Waals surface area contributed by atoms with Crippen LogP contribution in [-0.2, 0) is 4.79 Å². The Balaban J connectivity index is 2.29. The minimum atomic E-state index is -0.984. The second-order valence-corrected chi connectivity index (χ2v) is 4.55. The summed E-state index contributed by atoms with van der Waals surface area (Å²) in [5.41, 5.74) is 1.71. The highest BCUT2D eigenvalue weighted by atomic mass is 16.5. The topological polar surface area (TPSA) is 75.2 Å². The zero-order chi connectivity index (χ0) is 13.3. The summed E-state index contributed by atoms with van der Waals surface area (Å²) in [5.74, 6) is 0.770. The van der Waals surface area contributed by atoms with Crippen molar-refractivity contribution in [3.63, 3.8) is 0 Å². The molecule has 0 spiro atoms. The number of aromatic amines is 1. The number of imidazole rings is 1. The van der Waals surface area contributed by atoms with Gasteiger partial charge in [0, 0.05) is 12.0 Å². The summed E-state index contributed by atoms with van der Waals surface area (Å²) in [4.78, 5) is 18.4. The van der Waals surface area contributed by atoms with Crippen LogP contribution in [0.1, 0.15) is 32.5 Å². The van der Waals surface area contributed by atoms with E-state index in [1.54, 1.807) is 12.1 Å². The third-order valence-corrected chi connectivity index (χ3v) is 2.68. The van der Waals surface area contributed by atoms with Crippen molar-refractivity contribution in [2.45, 2.75) is 32.8 Å². The fourth-order valence-corrected chi connectivity index (χ4v) is 1.61. The number of carboxylic acids is 1. The molecule has 0 saturated heterocycles. The van der Waals surface area contributed by atoms with E-state index in [-0.39, 0.29) is 0 Å². The largest absolute Gasteiger partial charge is 0.479 e. The van der Waals surface area contributed by atoms with Crippen molar-refractivity contribution in [3.05, 3.63) is 24.0 Å². The molecule has 1 heterocycles. The number of aromatic nitrogens is 2. The van der Waals surface area contributed by atoms with Gasteiger partial charge in [-0.2, -0.15) is 0 Å². The van der Waals surface area contributed by atoms with Crippen molar-refractivity contribution >= 4 is 17.0 Å². The molecule has 1 aromatic heterocycles. The lowest BCUT2D eigenvalue weighted by molar-refractivity contribution is -0.144. The third-order valence-electron chi connectivity index (χ3n) is 2.68. The van der Waals surface area contributed by atoms with E-state index in [9.17, 15) is 4.79 Å². The number of carboxylic acid groups (broad SMARTS) is 1. The van der Waals surface area contributed by atoms with E-state index >= 15 is 0 Å². The average Bonchev–Trinajstić information content (AvgIpc) is 2.71. The van der Waals surface area contributed by atoms with Crippen LogP contribution in [0.5, 0.6) is 5.75 Å². The van der Waals surface area contributed by atoms with Crippen LogP contribution in [0.3, 0.4) is 0 Å². The highest BCUT2D eigenvalue weighted by Crippen LogP contribution is 2.22. The Hall–Kier alpha value is -2.04. The number of nitrogens with zero attached hydrogens (tertiary/aromatic N) is 1. The lowest BCUT2D eigenvalue weighted by Crippen LogP contribution is -2.22. The normalized spacial score (nSPS) is 12.9. The molecule has 2 rings (SSSR count). The highest BCUT2D eigenvalue weighted by Gasteiger charge is 2.13. The first kappa shape index (κ1) is 12.4. The monoisotopic (exact) mass is 248 g/mol. The molecule has 0 aliphatic rings. The SMILES string of the molecule is CC(Oc1ccc2nc(C(C)C)[nH]c2c1)C(=O)O. The van der Waals surface area contributed by atoms with Crippen LogP contribution in [0, 0.1) is 0 Å². The van der Waals surface area contributed by atoms with Crippen molar-refractivity contribution in [1.29, 1.82) is 0 Å². The van der Waals surface area contributed by atoms with Gasteiger partial charge in [0.15, 0.2) is 6.10 Å². The first-order valence-electron chi connectivity index (χ1n) is 5.86. The molecule has 2 N–H and O–H groups in total. The first-order chi connectivity index (χ1) is 8.47. The number of aliphatic carboxylic acids is 1. The Bertz CT molecular complexity index is 575. The zero-order valence-corrected chi connectivity index (χ0v) is 10.6. The highest BCUT2D eigenvalue weighted by molar-refractivity contribution is 5.77. The maximum Gasteiger partial charge on any atom is 0.344 e. The standard InChI is InChI=1S/C13H16N2O3/c1-7(2)12-14-10-5-4-9(6-11(10)15-12)18-8(3)13(16)17/h4-8H,1-3H3,(H,14,15)(H,16,17). The van der Waals surface area contributed by atoms with Gasteiger partial charge in [-0.3, -0.25) is 0 Å². The molecule has 96 valence electrons. The second kappa shape index (κ2) is 4.68. The lowest BCUT2D eigenvalue weighted by Gasteiger charge is -2.09. The van der Waals surface area contributed by atoms with Gasteiger partial charge in [-0.15, -0.1) is 0 Å². The summed E-state index contributed by atoms with van der Waals surface area (Å²) in [6, 6.07) is 5.32. The predicted octanol–water partition coefficient (Wildman–Crippen LogP) is 2.54. The van der Waals surface area contributed by atoms with Gasteiger partial charge in [0.05, 0.1) is 11.0 Å². The van der Waals surface area contributed by atoms with Crippen molar-refractivity contribution in [3.8, 4) is 5.75 Å². The quantitative estimate of drug-likeness (QED) is 0.871. The molecule has 0 radical (unpaired) electrons. The number of ether oxygens (including phenoxy) is 1. The van der Waals surface area contributed by atoms with Crippen LogP contribution in [-0.4, -0.2) is 27.1 Å². The van der Waals surface area contributed by atoms with Gasteiger partial charge in [-0.05, 0) is 19.1 Å². The first-order valence-corrected chi connectivity index (χ1v) is 5.86. The minimum absolute atomic E-state index is 0.319. The molecule has 1 atom stereocenters. The third kappa shape index (κ3) is 2.45. The Morgan fingerprint density at radius 1 is 1.39 bits per heavy atom. The number of carbonyl (C=O) groups is 1. The van der Waals surface area contributed by atoms with Gasteiger partial charge in [-0.1, -0.05) is 13.8 Å². The van der Waals surface area contributed by atoms with Gasteiger partial charge in [0.25, 0.3) is 0 Å². The van der Waals surface area contributed by atoms with E-state index in [0.29, 0.717) is 11.7 Å². The molecule has 18 heavy (non-hydrogen) atoms. The molecule has 1 unspecified atom stereocenters. The molecule has 5 heteroatoms.